The summed E-state index contributed by atoms with van der Waals surface area (Å²) in [7, 11) is 4.33. The first-order chi connectivity index (χ1) is 9.85. The SMILES string of the molecule is CO[C@@H]1O[C@H](CO)[C@H]2O[C@@](C)(OC)[C@](C)(OC)O[C@@H]2[C@H]1O. The van der Waals surface area contributed by atoms with Crippen molar-refractivity contribution < 1.29 is 38.6 Å². The zero-order valence-corrected chi connectivity index (χ0v) is 12.9. The molecule has 21 heavy (non-hydrogen) atoms. The van der Waals surface area contributed by atoms with E-state index in [-0.39, 0.29) is 6.61 Å². The minimum atomic E-state index is -1.24. The van der Waals surface area contributed by atoms with Crippen LogP contribution in [0.25, 0.3) is 0 Å². The Morgan fingerprint density at radius 2 is 1.52 bits per heavy atom. The van der Waals surface area contributed by atoms with E-state index in [4.69, 9.17) is 28.4 Å². The zero-order chi connectivity index (χ0) is 15.8. The first-order valence-corrected chi connectivity index (χ1v) is 6.79. The Morgan fingerprint density at radius 1 is 1.00 bits per heavy atom. The van der Waals surface area contributed by atoms with Crippen LogP contribution in [0.15, 0.2) is 0 Å². The van der Waals surface area contributed by atoms with Gasteiger partial charge < -0.3 is 38.6 Å². The van der Waals surface area contributed by atoms with Crippen LogP contribution in [0.3, 0.4) is 0 Å². The van der Waals surface area contributed by atoms with E-state index in [1.807, 2.05) is 0 Å². The average Bonchev–Trinajstić information content (AvgIpc) is 2.50. The smallest absolute Gasteiger partial charge is 0.220 e. The van der Waals surface area contributed by atoms with Crippen LogP contribution in [0.2, 0.25) is 0 Å². The van der Waals surface area contributed by atoms with Crippen LogP contribution < -0.4 is 0 Å². The quantitative estimate of drug-likeness (QED) is 0.698. The molecule has 2 aliphatic rings. The Hall–Kier alpha value is -0.320. The van der Waals surface area contributed by atoms with Gasteiger partial charge in [-0.05, 0) is 13.8 Å². The molecule has 0 aromatic rings. The highest BCUT2D eigenvalue weighted by atomic mass is 16.8. The highest BCUT2D eigenvalue weighted by Gasteiger charge is 2.62. The number of fused-ring (bicyclic) bond motifs is 1. The molecule has 0 aromatic heterocycles. The van der Waals surface area contributed by atoms with Crippen molar-refractivity contribution in [1.29, 1.82) is 0 Å². The molecule has 2 aliphatic heterocycles. The van der Waals surface area contributed by atoms with Crippen molar-refractivity contribution in [2.75, 3.05) is 27.9 Å². The van der Waals surface area contributed by atoms with Crippen LogP contribution in [0.4, 0.5) is 0 Å². The molecular formula is C13H24O8. The lowest BCUT2D eigenvalue weighted by molar-refractivity contribution is -0.479. The average molecular weight is 308 g/mol. The summed E-state index contributed by atoms with van der Waals surface area (Å²) in [5, 5.41) is 19.8. The lowest BCUT2D eigenvalue weighted by atomic mass is 9.94. The molecular weight excluding hydrogens is 284 g/mol. The molecule has 0 bridgehead atoms. The number of aliphatic hydroxyl groups is 2. The summed E-state index contributed by atoms with van der Waals surface area (Å²) in [6.07, 6.45) is -4.21. The van der Waals surface area contributed by atoms with Gasteiger partial charge in [-0.15, -0.1) is 0 Å². The number of methoxy groups -OCH3 is 3. The van der Waals surface area contributed by atoms with Crippen molar-refractivity contribution in [3.63, 3.8) is 0 Å². The number of rotatable bonds is 4. The molecule has 0 amide bonds. The normalized spacial score (nSPS) is 50.7. The van der Waals surface area contributed by atoms with Crippen LogP contribution >= 0.6 is 0 Å². The Kier molecular flexibility index (Phi) is 4.91. The topological polar surface area (TPSA) is 95.8 Å². The highest BCUT2D eigenvalue weighted by molar-refractivity contribution is 4.99. The Balaban J connectivity index is 2.33. The maximum Gasteiger partial charge on any atom is 0.220 e. The third kappa shape index (κ3) is 2.60. The fourth-order valence-electron chi connectivity index (χ4n) is 2.71. The zero-order valence-electron chi connectivity index (χ0n) is 12.9. The lowest BCUT2D eigenvalue weighted by Crippen LogP contribution is -2.73. The predicted octanol–water partition coefficient (Wildman–Crippen LogP) is -0.780. The predicted molar refractivity (Wildman–Crippen MR) is 69.3 cm³/mol. The van der Waals surface area contributed by atoms with Crippen LogP contribution in [-0.2, 0) is 28.4 Å². The number of hydrogen-bond donors (Lipinski definition) is 2. The van der Waals surface area contributed by atoms with Crippen molar-refractivity contribution in [2.24, 2.45) is 0 Å². The fourth-order valence-corrected chi connectivity index (χ4v) is 2.71. The van der Waals surface area contributed by atoms with Crippen molar-refractivity contribution in [3.05, 3.63) is 0 Å². The Labute approximate surface area is 123 Å². The largest absolute Gasteiger partial charge is 0.394 e. The summed E-state index contributed by atoms with van der Waals surface area (Å²) in [5.41, 5.74) is 0. The maximum absolute atomic E-state index is 10.3. The lowest BCUT2D eigenvalue weighted by Gasteiger charge is -2.56. The highest BCUT2D eigenvalue weighted by Crippen LogP contribution is 2.43. The fraction of sp³-hybridized carbons (Fsp3) is 1.00. The molecule has 0 radical (unpaired) electrons. The van der Waals surface area contributed by atoms with Crippen molar-refractivity contribution in [1.82, 2.24) is 0 Å². The molecule has 2 heterocycles. The number of ether oxygens (including phenoxy) is 6. The van der Waals surface area contributed by atoms with E-state index in [0.717, 1.165) is 0 Å². The summed E-state index contributed by atoms with van der Waals surface area (Å²) in [6, 6.07) is 0. The molecule has 0 aromatic carbocycles. The molecule has 2 N–H and O–H groups in total. The molecule has 2 rings (SSSR count). The summed E-state index contributed by atoms with van der Waals surface area (Å²) in [4.78, 5) is 0. The van der Waals surface area contributed by atoms with Gasteiger partial charge >= 0.3 is 0 Å². The first-order valence-electron chi connectivity index (χ1n) is 6.79. The van der Waals surface area contributed by atoms with Crippen LogP contribution in [0.5, 0.6) is 0 Å². The van der Waals surface area contributed by atoms with Crippen LogP contribution in [-0.4, -0.2) is 80.4 Å². The third-order valence-corrected chi connectivity index (χ3v) is 4.35. The van der Waals surface area contributed by atoms with Crippen molar-refractivity contribution in [2.45, 2.75) is 56.1 Å². The van der Waals surface area contributed by atoms with Gasteiger partial charge in [0.25, 0.3) is 0 Å². The van der Waals surface area contributed by atoms with E-state index in [9.17, 15) is 10.2 Å². The summed E-state index contributed by atoms with van der Waals surface area (Å²) >= 11 is 0. The van der Waals surface area contributed by atoms with Gasteiger partial charge in [0, 0.05) is 21.3 Å². The second-order valence-electron chi connectivity index (χ2n) is 5.42. The maximum atomic E-state index is 10.3. The van der Waals surface area contributed by atoms with Gasteiger partial charge in [-0.25, -0.2) is 0 Å². The summed E-state index contributed by atoms with van der Waals surface area (Å²) in [5.74, 6) is -2.46. The van der Waals surface area contributed by atoms with E-state index in [2.05, 4.69) is 0 Å². The first kappa shape index (κ1) is 17.0. The molecule has 0 spiro atoms. The minimum absolute atomic E-state index is 0.305. The van der Waals surface area contributed by atoms with Gasteiger partial charge in [0.2, 0.25) is 11.6 Å². The van der Waals surface area contributed by atoms with Gasteiger partial charge in [0.05, 0.1) is 6.61 Å². The standard InChI is InChI=1S/C13H24O8/c1-12(17-4)13(2,18-5)21-10-8(15)11(16-3)19-7(6-14)9(10)20-12/h7-11,14-15H,6H2,1-5H3/t7-,8-,9-,10-,11-,12-,13-/m1/s1. The molecule has 0 saturated carbocycles. The summed E-state index contributed by atoms with van der Waals surface area (Å²) in [6.45, 7) is 3.02. The molecule has 2 saturated heterocycles. The van der Waals surface area contributed by atoms with E-state index < -0.39 is 42.3 Å². The van der Waals surface area contributed by atoms with Crippen molar-refractivity contribution >= 4 is 0 Å². The molecule has 2 fully saturated rings. The Morgan fingerprint density at radius 3 is 1.95 bits per heavy atom. The van der Waals surface area contributed by atoms with Gasteiger partial charge in [0.1, 0.15) is 24.4 Å². The van der Waals surface area contributed by atoms with E-state index >= 15 is 0 Å². The van der Waals surface area contributed by atoms with Crippen LogP contribution in [0, 0.1) is 0 Å². The molecule has 7 atom stereocenters. The van der Waals surface area contributed by atoms with Gasteiger partial charge in [0.15, 0.2) is 6.29 Å². The molecule has 0 aliphatic carbocycles. The van der Waals surface area contributed by atoms with E-state index in [1.165, 1.54) is 21.3 Å². The molecule has 124 valence electrons. The molecule has 0 unspecified atom stereocenters. The van der Waals surface area contributed by atoms with Crippen molar-refractivity contribution in [3.8, 4) is 0 Å². The third-order valence-electron chi connectivity index (χ3n) is 4.35. The second-order valence-corrected chi connectivity index (χ2v) is 5.42. The summed E-state index contributed by atoms with van der Waals surface area (Å²) < 4.78 is 33.2. The Bertz CT molecular complexity index is 366. The van der Waals surface area contributed by atoms with Gasteiger partial charge in [-0.2, -0.15) is 0 Å². The van der Waals surface area contributed by atoms with E-state index in [1.54, 1.807) is 13.8 Å². The van der Waals surface area contributed by atoms with Gasteiger partial charge in [-0.3, -0.25) is 0 Å². The monoisotopic (exact) mass is 308 g/mol. The van der Waals surface area contributed by atoms with Crippen LogP contribution in [0.1, 0.15) is 13.8 Å². The second kappa shape index (κ2) is 6.05. The van der Waals surface area contributed by atoms with Gasteiger partial charge in [-0.1, -0.05) is 0 Å². The van der Waals surface area contributed by atoms with E-state index in [0.29, 0.717) is 0 Å². The molecule has 8 heteroatoms. The number of aliphatic hydroxyl groups excluding tert-OH is 2. The number of hydrogen-bond acceptors (Lipinski definition) is 8. The molecule has 8 nitrogen and oxygen atoms in total. The minimum Gasteiger partial charge on any atom is -0.394 e.